The van der Waals surface area contributed by atoms with Crippen LogP contribution >= 0.6 is 0 Å². The fourth-order valence-electron chi connectivity index (χ4n) is 7.68. The van der Waals surface area contributed by atoms with Gasteiger partial charge in [-0.05, 0) is 106 Å². The first kappa shape index (κ1) is 88.8. The van der Waals surface area contributed by atoms with Gasteiger partial charge in [0.2, 0.25) is 30.4 Å². The molecule has 20 heteroatoms. The van der Waals surface area contributed by atoms with Gasteiger partial charge in [-0.25, -0.2) is 0 Å². The van der Waals surface area contributed by atoms with Crippen LogP contribution < -0.4 is 29.6 Å². The Morgan fingerprint density at radius 1 is 0.460 bits per heavy atom. The van der Waals surface area contributed by atoms with Crippen molar-refractivity contribution in [3.05, 3.63) is 168 Å². The average Bonchev–Trinajstić information content (AvgIpc) is 3.53. The second kappa shape index (κ2) is 61.6. The molecule has 18 nitrogen and oxygen atoms in total. The van der Waals surface area contributed by atoms with Crippen LogP contribution in [-0.4, -0.2) is 187 Å². The van der Waals surface area contributed by atoms with Crippen LogP contribution in [-0.2, 0) is 92.2 Å². The Bertz CT molecular complexity index is 2180. The molecule has 0 saturated carbocycles. The van der Waals surface area contributed by atoms with Crippen molar-refractivity contribution in [1.29, 1.82) is 0 Å². The first-order chi connectivity index (χ1) is 41.0. The summed E-state index contributed by atoms with van der Waals surface area (Å²) < 4.78 is 48.4. The number of rotatable bonds is 37. The van der Waals surface area contributed by atoms with Crippen LogP contribution in [0.15, 0.2) is 146 Å². The number of nitrogens with zero attached hydrogens (tertiary/aromatic N) is 1. The number of unbranched alkanes of at least 4 members (excludes halogenated alkanes) is 3. The maximum absolute atomic E-state index is 11.5. The molecule has 0 spiro atoms. The Labute approximate surface area is 546 Å². The third-order valence-electron chi connectivity index (χ3n) is 12.2. The van der Waals surface area contributed by atoms with Gasteiger partial charge in [0.15, 0.2) is 24.1 Å². The molecule has 3 N–H and O–H groups in total. The van der Waals surface area contributed by atoms with Gasteiger partial charge >= 0.3 is 29.6 Å². The fraction of sp³-hybridized carbons (Fsp3) is 0.522. The number of aliphatic hydroxyl groups is 3. The minimum Gasteiger partial charge on any atom is -1.00 e. The number of hydrogen-bond acceptors (Lipinski definition) is 18. The summed E-state index contributed by atoms with van der Waals surface area (Å²) in [5, 5.41) is 28.0. The number of aliphatic hydroxyl groups excluding tert-OH is 3. The Balaban J connectivity index is -0.000000315. The summed E-state index contributed by atoms with van der Waals surface area (Å²) in [6.07, 6.45) is 14.8. The molecular weight excluding hydrogens is 1120 g/mol. The number of ketones is 4. The van der Waals surface area contributed by atoms with E-state index in [9.17, 15) is 29.4 Å². The summed E-state index contributed by atoms with van der Waals surface area (Å²) >= 11 is 0. The fourth-order valence-corrected chi connectivity index (χ4v) is 7.68. The second-order valence-electron chi connectivity index (χ2n) is 19.2. The zero-order valence-corrected chi connectivity index (χ0v) is 56.6. The third-order valence-corrected chi connectivity index (χ3v) is 12.2. The van der Waals surface area contributed by atoms with Crippen molar-refractivity contribution >= 4 is 31.5 Å². The maximum Gasteiger partial charge on any atom is 1.00 e. The van der Waals surface area contributed by atoms with Crippen LogP contribution in [0, 0.1) is 0 Å². The summed E-state index contributed by atoms with van der Waals surface area (Å²) in [5.74, 6) is -0.537. The largest absolute Gasteiger partial charge is 1.00 e. The number of carbonyl (C=O) groups excluding carboxylic acids is 4. The van der Waals surface area contributed by atoms with E-state index in [-0.39, 0.29) is 69.1 Å². The van der Waals surface area contributed by atoms with Gasteiger partial charge in [-0.3, -0.25) is 19.2 Å². The quantitative estimate of drug-likeness (QED) is 0.0196. The topological polar surface area (TPSA) is 225 Å². The monoisotopic (exact) mass is 1230 g/mol. The van der Waals surface area contributed by atoms with Gasteiger partial charge in [0, 0.05) is 112 Å². The number of aryl methyl sites for hydroxylation is 4. The van der Waals surface area contributed by atoms with Gasteiger partial charge in [-0.15, -0.1) is 0 Å². The van der Waals surface area contributed by atoms with E-state index in [1.54, 1.807) is 39.5 Å². The molecule has 0 bridgehead atoms. The first-order valence-corrected chi connectivity index (χ1v) is 28.5. The van der Waals surface area contributed by atoms with E-state index in [1.165, 1.54) is 84.0 Å². The second-order valence-corrected chi connectivity index (χ2v) is 19.2. The molecule has 4 rings (SSSR count). The molecule has 4 aromatic carbocycles. The number of benzene rings is 4. The number of ether oxygens (including phenoxy) is 10. The molecule has 2 atom stereocenters. The molecule has 0 heterocycles. The molecule has 0 amide bonds. The summed E-state index contributed by atoms with van der Waals surface area (Å²) in [4.78, 5) is 45.5. The first-order valence-electron chi connectivity index (χ1n) is 28.5. The number of hydrogen-bond donors (Lipinski definition) is 3. The number of methoxy groups -OCH3 is 10. The normalized spacial score (nSPS) is 11.3. The van der Waals surface area contributed by atoms with Crippen LogP contribution in [0.2, 0.25) is 0 Å². The molecule has 87 heavy (non-hydrogen) atoms. The van der Waals surface area contributed by atoms with E-state index in [1.807, 2.05) is 68.7 Å². The Morgan fingerprint density at radius 3 is 1.05 bits per heavy atom. The van der Waals surface area contributed by atoms with Crippen molar-refractivity contribution in [2.45, 2.75) is 140 Å². The van der Waals surface area contributed by atoms with E-state index in [0.717, 1.165) is 70.6 Å². The molecule has 0 aliphatic rings. The molecule has 4 aromatic rings. The van der Waals surface area contributed by atoms with Crippen molar-refractivity contribution in [3.8, 4) is 0 Å². The zero-order chi connectivity index (χ0) is 63.9. The van der Waals surface area contributed by atoms with E-state index in [0.29, 0.717) is 19.3 Å². The Kier molecular flexibility index (Phi) is 62.9. The van der Waals surface area contributed by atoms with Gasteiger partial charge in [-0.1, -0.05) is 140 Å². The van der Waals surface area contributed by atoms with E-state index in [4.69, 9.17) is 43.0 Å². The smallest absolute Gasteiger partial charge is 1.00 e. The summed E-state index contributed by atoms with van der Waals surface area (Å²) in [6, 6.07) is 41.1. The molecule has 2 unspecified atom stereocenters. The molecule has 483 valence electrons. The summed E-state index contributed by atoms with van der Waals surface area (Å²) in [5.41, 5.74) is 5.26. The number of allylic oxidation sites excluding steroid dienone is 1. The van der Waals surface area contributed by atoms with Gasteiger partial charge in [0.05, 0.1) is 0 Å². The van der Waals surface area contributed by atoms with Gasteiger partial charge in [0.1, 0.15) is 18.8 Å². The van der Waals surface area contributed by atoms with Gasteiger partial charge in [-0.2, -0.15) is 0 Å². The van der Waals surface area contributed by atoms with Crippen molar-refractivity contribution in [1.82, 2.24) is 4.90 Å². The van der Waals surface area contributed by atoms with Crippen LogP contribution in [0.4, 0.5) is 0 Å². The van der Waals surface area contributed by atoms with Crippen molar-refractivity contribution in [3.63, 3.8) is 0 Å². The average molecular weight is 1230 g/mol. The van der Waals surface area contributed by atoms with Gasteiger partial charge in [0.25, 0.3) is 0 Å². The van der Waals surface area contributed by atoms with Crippen LogP contribution in [0.3, 0.4) is 0 Å². The number of carbonyl (C=O) groups is 4. The minimum atomic E-state index is -0.791. The van der Waals surface area contributed by atoms with Gasteiger partial charge < -0.3 is 69.0 Å². The van der Waals surface area contributed by atoms with Crippen LogP contribution in [0.5, 0.6) is 0 Å². The van der Waals surface area contributed by atoms with Crippen LogP contribution in [0.1, 0.15) is 94.8 Å². The summed E-state index contributed by atoms with van der Waals surface area (Å²) in [6.45, 7) is 1.10. The minimum absolute atomic E-state index is 0. The van der Waals surface area contributed by atoms with E-state index < -0.39 is 43.7 Å². The molecule has 0 aliphatic carbocycles. The molecule has 0 aromatic heterocycles. The van der Waals surface area contributed by atoms with Crippen molar-refractivity contribution < 1.29 is 113 Å². The molecule has 0 fully saturated rings. The molecule has 0 saturated heterocycles. The zero-order valence-electron chi connectivity index (χ0n) is 55.6. The molecular formula is C67H104BNNaO17. The Hall–Kier alpha value is -4.62. The van der Waals surface area contributed by atoms with E-state index >= 15 is 0 Å². The Morgan fingerprint density at radius 2 is 0.770 bits per heavy atom. The molecule has 3 radical (unpaired) electrons. The predicted octanol–water partition coefficient (Wildman–Crippen LogP) is 6.26. The molecule has 0 aliphatic heterocycles. The van der Waals surface area contributed by atoms with E-state index in [2.05, 4.69) is 82.3 Å². The standard InChI is InChI=1S/2C14H22O3.C14H18O3.C12H16O2.C8H15NO3.C5H10O3.B.Na.H/c3*1-16-14(17-2)13(15)11-7-6-10-12-8-4-3-5-9-12;13-10-12(14)9-5-4-8-11-6-2-1-3-7-11;1-9(2)6-5-7(10)8(11-3)12-4;1-4(6)5(7-2)8-3;;;/h2*3-5,8-9,13-15H,6-7,10-11H2,1-2H3;3-5,7-9,11,14H,6,10H2,1-2H3;1-3,6-7,13H,4-5,8-10H2;5-6,8H,1-4H3;5H,1-3H3;;;/q;;;;;;;+1;-1/b;;11-7+;;6-5+;;;;. The van der Waals surface area contributed by atoms with Crippen LogP contribution in [0.25, 0.3) is 0 Å². The maximum atomic E-state index is 11.5. The summed E-state index contributed by atoms with van der Waals surface area (Å²) in [7, 11) is 18.4. The van der Waals surface area contributed by atoms with Crippen molar-refractivity contribution in [2.75, 3.05) is 91.8 Å². The third kappa shape index (κ3) is 48.9. The predicted molar refractivity (Wildman–Crippen MR) is 339 cm³/mol. The number of Topliss-reactive ketones (excluding diaryl/α,β-unsaturated/α-hetero) is 2. The van der Waals surface area contributed by atoms with Crippen molar-refractivity contribution in [2.24, 2.45) is 0 Å². The SMILES string of the molecule is COC(OC)C(=O)/C=C/CCc1ccccc1.COC(OC)C(=O)/C=C/N(C)C.COC(OC)C(C)=O.COC(OC)C(O)CCCCc1ccccc1.COC(OC)C(O)CCCCc1ccccc1.O=C(CO)CCCCc1ccccc1.[B].[H-].[Na+].